The second-order valence-electron chi connectivity index (χ2n) is 10.8. The van der Waals surface area contributed by atoms with Crippen molar-refractivity contribution in [3.63, 3.8) is 0 Å². The zero-order chi connectivity index (χ0) is 43.5. The van der Waals surface area contributed by atoms with Crippen LogP contribution in [-0.4, -0.2) is 92.0 Å². The molecular formula is C31H40N2O10S. The lowest BCUT2D eigenvalue weighted by atomic mass is 9.99. The van der Waals surface area contributed by atoms with Gasteiger partial charge in [-0.2, -0.15) is 4.31 Å². The minimum atomic E-state index is -5.64. The number of phenolic OH excluding ortho intramolecular Hbond substituents is 1. The van der Waals surface area contributed by atoms with Gasteiger partial charge in [0.1, 0.15) is 20.3 Å². The monoisotopic (exact) mass is 646 g/mol. The molecule has 6 rings (SSSR count). The van der Waals surface area contributed by atoms with Crippen LogP contribution in [0.4, 0.5) is 4.79 Å². The molecule has 44 heavy (non-hydrogen) atoms. The molecule has 1 N–H and O–H groups in total. The number of fused-ring (bicyclic) bond motifs is 2. The summed E-state index contributed by atoms with van der Waals surface area (Å²) in [5, 5.41) is 9.96. The van der Waals surface area contributed by atoms with Gasteiger partial charge in [0.05, 0.1) is 40.3 Å². The highest BCUT2D eigenvalue weighted by atomic mass is 32.2. The number of phenols is 1. The Labute approximate surface area is 277 Å². The van der Waals surface area contributed by atoms with Gasteiger partial charge in [-0.15, -0.1) is 0 Å². The molecule has 4 aliphatic heterocycles. The quantitative estimate of drug-likeness (QED) is 0.430. The maximum Gasteiger partial charge on any atom is 0.412 e. The van der Waals surface area contributed by atoms with Crippen LogP contribution in [0.25, 0.3) is 0 Å². The van der Waals surface area contributed by atoms with Gasteiger partial charge in [0.2, 0.25) is 16.8 Å². The minimum absolute atomic E-state index is 0.0106. The predicted octanol–water partition coefficient (Wildman–Crippen LogP) is 3.71. The molecule has 0 aliphatic carbocycles. The fourth-order valence-electron chi connectivity index (χ4n) is 5.44. The number of amides is 1. The second-order valence-corrected chi connectivity index (χ2v) is 12.7. The van der Waals surface area contributed by atoms with Crippen molar-refractivity contribution >= 4 is 16.1 Å². The summed E-state index contributed by atoms with van der Waals surface area (Å²) in [5.41, 5.74) is -1.72. The number of carbonyl (C=O) groups is 1. The summed E-state index contributed by atoms with van der Waals surface area (Å²) < 4.78 is 180. The molecule has 3 saturated heterocycles. The van der Waals surface area contributed by atoms with Crippen molar-refractivity contribution in [3.05, 3.63) is 48.0 Å². The molecule has 4 aliphatic rings. The van der Waals surface area contributed by atoms with Gasteiger partial charge in [-0.05, 0) is 62.4 Å². The Kier molecular flexibility index (Phi) is 4.95. The summed E-state index contributed by atoms with van der Waals surface area (Å²) in [7, 11) is -5.64. The first kappa shape index (κ1) is 18.1. The fourth-order valence-corrected chi connectivity index (χ4v) is 6.70. The standard InChI is InChI=1S/C31H40N2O10S/c1-19(2)15-32(44(36,37)22-9-10-25-26(14-22)41-18-40-25)16-27-24(13-20-5-7-21(34)8-6-20)33(31(3,4)43-27)30(35)42-28-17-39-29-23(28)11-12-38-29/h5-10,14,19,23-24,27-29,34H,11-13,15-18H2,1-4H3/t23-,24-,27+,28-,29+/m0/s1/i1D3,2D3,15D2,18D2,19D,27D,28D,29D. The third kappa shape index (κ3) is 6.08. The summed E-state index contributed by atoms with van der Waals surface area (Å²) in [4.78, 5) is 14.2. The Bertz CT molecular complexity index is 2040. The lowest BCUT2D eigenvalue weighted by molar-refractivity contribution is -0.0911. The molecule has 0 bridgehead atoms. The smallest absolute Gasteiger partial charge is 0.412 e. The van der Waals surface area contributed by atoms with Crippen LogP contribution in [0.2, 0.25) is 0 Å². The molecule has 1 amide bonds. The highest BCUT2D eigenvalue weighted by Gasteiger charge is 2.53. The first-order valence-corrected chi connectivity index (χ1v) is 15.0. The van der Waals surface area contributed by atoms with E-state index in [1.807, 2.05) is 0 Å². The molecule has 2 aromatic carbocycles. The van der Waals surface area contributed by atoms with Crippen LogP contribution in [0.5, 0.6) is 17.2 Å². The SMILES string of the molecule is [2H]C1([2H])Oc2ccc(S(=O)(=O)N(C[C@@]3([2H])OC(C)(C)N(C(=O)O[C@@]4([2H])CO[C@@]5([2H])OCC[C@H]54)[C@H]3Cc3ccc(O)cc3)C([2H])([2H])C([2H])(C([2H])([2H])[2H])C([2H])([2H])[2H])cc2O1. The summed E-state index contributed by atoms with van der Waals surface area (Å²) in [6.07, 6.45) is -8.81. The zero-order valence-electron chi connectivity index (χ0n) is 37.7. The van der Waals surface area contributed by atoms with E-state index in [2.05, 4.69) is 0 Å². The van der Waals surface area contributed by atoms with E-state index in [4.69, 9.17) is 46.2 Å². The van der Waals surface area contributed by atoms with Gasteiger partial charge in [0.25, 0.3) is 0 Å². The summed E-state index contributed by atoms with van der Waals surface area (Å²) in [6.45, 7) is -14.9. The van der Waals surface area contributed by atoms with E-state index in [1.54, 1.807) is 0 Å². The number of nitrogens with zero attached hydrogens (tertiary/aromatic N) is 2. The third-order valence-electron chi connectivity index (χ3n) is 7.45. The number of hydrogen-bond donors (Lipinski definition) is 1. The van der Waals surface area contributed by atoms with Crippen LogP contribution < -0.4 is 9.47 Å². The fraction of sp³-hybridized carbons (Fsp3) is 0.581. The minimum Gasteiger partial charge on any atom is -0.508 e. The Balaban J connectivity index is 1.50. The number of ether oxygens (including phenoxy) is 6. The molecule has 2 aromatic rings. The van der Waals surface area contributed by atoms with E-state index in [0.717, 1.165) is 17.0 Å². The highest BCUT2D eigenvalue weighted by Crippen LogP contribution is 2.39. The van der Waals surface area contributed by atoms with Crippen LogP contribution in [0, 0.1) is 11.8 Å². The van der Waals surface area contributed by atoms with E-state index in [9.17, 15) is 19.7 Å². The van der Waals surface area contributed by atoms with Crippen molar-refractivity contribution in [1.82, 2.24) is 9.21 Å². The molecule has 0 spiro atoms. The number of aromatic hydroxyl groups is 1. The van der Waals surface area contributed by atoms with Crippen molar-refractivity contribution < 1.29 is 65.9 Å². The first-order valence-electron chi connectivity index (χ1n) is 20.6. The average Bonchev–Trinajstić information content (AvgIpc) is 3.74. The van der Waals surface area contributed by atoms with E-state index in [1.165, 1.54) is 38.1 Å². The molecule has 4 heterocycles. The van der Waals surface area contributed by atoms with Crippen molar-refractivity contribution in [2.75, 3.05) is 33.0 Å². The zero-order valence-corrected chi connectivity index (χ0v) is 24.5. The summed E-state index contributed by atoms with van der Waals surface area (Å²) in [5.74, 6) is -6.33. The maximum atomic E-state index is 14.8. The number of carbonyl (C=O) groups excluding carboxylic acids is 1. The van der Waals surface area contributed by atoms with Crippen molar-refractivity contribution in [2.24, 2.45) is 11.8 Å². The van der Waals surface area contributed by atoms with Crippen LogP contribution in [0.15, 0.2) is 47.4 Å². The largest absolute Gasteiger partial charge is 0.508 e. The summed E-state index contributed by atoms with van der Waals surface area (Å²) >= 11 is 0. The lowest BCUT2D eigenvalue weighted by Crippen LogP contribution is -2.51. The van der Waals surface area contributed by atoms with Crippen LogP contribution >= 0.6 is 0 Å². The molecule has 0 unspecified atom stereocenters. The predicted molar refractivity (Wildman–Crippen MR) is 157 cm³/mol. The van der Waals surface area contributed by atoms with Crippen molar-refractivity contribution in [3.8, 4) is 17.2 Å². The molecule has 240 valence electrons. The number of sulfonamides is 1. The van der Waals surface area contributed by atoms with Gasteiger partial charge in [-0.1, -0.05) is 25.8 Å². The Morgan fingerprint density at radius 3 is 2.80 bits per heavy atom. The summed E-state index contributed by atoms with van der Waals surface area (Å²) in [6, 6.07) is 5.93. The molecule has 0 aromatic heterocycles. The second kappa shape index (κ2) is 12.0. The average molecular weight is 647 g/mol. The molecule has 3 fully saturated rings. The van der Waals surface area contributed by atoms with Gasteiger partial charge in [0.15, 0.2) is 17.8 Å². The van der Waals surface area contributed by atoms with E-state index >= 15 is 0 Å². The highest BCUT2D eigenvalue weighted by molar-refractivity contribution is 7.89. The lowest BCUT2D eigenvalue weighted by Gasteiger charge is -2.34. The van der Waals surface area contributed by atoms with Gasteiger partial charge in [-0.25, -0.2) is 13.2 Å². The molecule has 5 atom stereocenters. The Morgan fingerprint density at radius 2 is 2.02 bits per heavy atom. The molecule has 13 heteroatoms. The normalized spacial score (nSPS) is 39.3. The van der Waals surface area contributed by atoms with Crippen molar-refractivity contribution in [1.29, 1.82) is 0 Å². The van der Waals surface area contributed by atoms with Crippen LogP contribution in [0.1, 0.15) is 58.7 Å². The third-order valence-corrected chi connectivity index (χ3v) is 9.10. The molecular weight excluding hydrogens is 592 g/mol. The van der Waals surface area contributed by atoms with E-state index in [0.29, 0.717) is 6.07 Å². The van der Waals surface area contributed by atoms with Crippen molar-refractivity contribution in [2.45, 2.75) is 75.5 Å². The van der Waals surface area contributed by atoms with Gasteiger partial charge >= 0.3 is 6.09 Å². The van der Waals surface area contributed by atoms with E-state index < -0.39 is 115 Å². The number of hydrogen-bond acceptors (Lipinski definition) is 10. The van der Waals surface area contributed by atoms with E-state index in [-0.39, 0.29) is 34.4 Å². The van der Waals surface area contributed by atoms with Gasteiger partial charge in [0, 0.05) is 31.4 Å². The van der Waals surface area contributed by atoms with Gasteiger partial charge in [-0.3, -0.25) is 4.90 Å². The number of benzene rings is 2. The first-order chi connectivity index (χ1) is 26.2. The molecule has 12 nitrogen and oxygen atoms in total. The van der Waals surface area contributed by atoms with Crippen LogP contribution in [0.3, 0.4) is 0 Å². The number of rotatable bonds is 9. The topological polar surface area (TPSA) is 133 Å². The maximum absolute atomic E-state index is 14.8. The Hall–Kier alpha value is -3.10. The Morgan fingerprint density at radius 1 is 1.25 bits per heavy atom. The van der Waals surface area contributed by atoms with Crippen LogP contribution in [-0.2, 0) is 35.4 Å². The molecule has 0 saturated carbocycles. The molecule has 0 radical (unpaired) electrons. The van der Waals surface area contributed by atoms with Gasteiger partial charge < -0.3 is 33.5 Å².